The summed E-state index contributed by atoms with van der Waals surface area (Å²) in [5.74, 6) is -0.0505. The first-order chi connectivity index (χ1) is 20.0. The number of amides is 2. The van der Waals surface area contributed by atoms with Crippen molar-refractivity contribution in [1.82, 2.24) is 10.2 Å². The van der Waals surface area contributed by atoms with Crippen molar-refractivity contribution in [3.63, 3.8) is 0 Å². The van der Waals surface area contributed by atoms with Crippen molar-refractivity contribution in [1.29, 1.82) is 0 Å². The summed E-state index contributed by atoms with van der Waals surface area (Å²) in [6.45, 7) is 7.10. The molecule has 3 aromatic carbocycles. The summed E-state index contributed by atoms with van der Waals surface area (Å²) < 4.78 is 34.5. The van der Waals surface area contributed by atoms with Gasteiger partial charge in [0.05, 0.1) is 17.7 Å². The number of nitrogens with zero attached hydrogens (tertiary/aromatic N) is 2. The minimum atomic E-state index is -4.11. The van der Waals surface area contributed by atoms with Crippen LogP contribution in [0.25, 0.3) is 0 Å². The van der Waals surface area contributed by atoms with Crippen molar-refractivity contribution in [2.24, 2.45) is 0 Å². The van der Waals surface area contributed by atoms with Crippen molar-refractivity contribution in [2.45, 2.75) is 76.9 Å². The summed E-state index contributed by atoms with van der Waals surface area (Å²) >= 11 is 0. The number of nitrogens with one attached hydrogen (secondary N) is 1. The number of benzene rings is 3. The highest BCUT2D eigenvalue weighted by Crippen LogP contribution is 2.27. The van der Waals surface area contributed by atoms with E-state index in [1.54, 1.807) is 62.6 Å². The van der Waals surface area contributed by atoms with E-state index in [-0.39, 0.29) is 23.4 Å². The fourth-order valence-corrected chi connectivity index (χ4v) is 6.56. The van der Waals surface area contributed by atoms with Gasteiger partial charge in [-0.1, -0.05) is 48.7 Å². The van der Waals surface area contributed by atoms with Gasteiger partial charge in [-0.05, 0) is 93.6 Å². The van der Waals surface area contributed by atoms with E-state index in [0.29, 0.717) is 11.4 Å². The zero-order valence-electron chi connectivity index (χ0n) is 25.1. The van der Waals surface area contributed by atoms with Gasteiger partial charge in [-0.25, -0.2) is 8.42 Å². The van der Waals surface area contributed by atoms with E-state index in [0.717, 1.165) is 52.2 Å². The number of carbonyl (C=O) groups is 2. The Balaban J connectivity index is 1.70. The molecule has 0 spiro atoms. The molecule has 0 unspecified atom stereocenters. The minimum Gasteiger partial charge on any atom is -0.497 e. The molecule has 1 N–H and O–H groups in total. The van der Waals surface area contributed by atoms with E-state index in [9.17, 15) is 18.0 Å². The van der Waals surface area contributed by atoms with Gasteiger partial charge in [0, 0.05) is 12.6 Å². The molecule has 9 heteroatoms. The molecular weight excluding hydrogens is 550 g/mol. The first kappa shape index (κ1) is 31.1. The van der Waals surface area contributed by atoms with Gasteiger partial charge in [0.15, 0.2) is 0 Å². The summed E-state index contributed by atoms with van der Waals surface area (Å²) in [7, 11) is -2.53. The Labute approximate surface area is 249 Å². The number of aryl methyl sites for hydroxylation is 3. The van der Waals surface area contributed by atoms with Gasteiger partial charge >= 0.3 is 0 Å². The summed E-state index contributed by atoms with van der Waals surface area (Å²) in [6.07, 6.45) is 3.96. The van der Waals surface area contributed by atoms with Crippen LogP contribution < -0.4 is 14.4 Å². The van der Waals surface area contributed by atoms with Crippen LogP contribution in [0.5, 0.6) is 5.75 Å². The Morgan fingerprint density at radius 3 is 2.17 bits per heavy atom. The molecule has 1 atom stereocenters. The van der Waals surface area contributed by atoms with Gasteiger partial charge in [-0.3, -0.25) is 13.9 Å². The Kier molecular flexibility index (Phi) is 9.93. The Bertz CT molecular complexity index is 1500. The van der Waals surface area contributed by atoms with Gasteiger partial charge < -0.3 is 15.0 Å². The molecule has 8 nitrogen and oxygen atoms in total. The van der Waals surface area contributed by atoms with Crippen molar-refractivity contribution in [2.75, 3.05) is 18.0 Å². The van der Waals surface area contributed by atoms with Crippen LogP contribution >= 0.6 is 0 Å². The van der Waals surface area contributed by atoms with E-state index in [4.69, 9.17) is 4.74 Å². The third-order valence-electron chi connectivity index (χ3n) is 8.05. The molecule has 224 valence electrons. The zero-order valence-corrected chi connectivity index (χ0v) is 25.9. The quantitative estimate of drug-likeness (QED) is 0.327. The molecule has 0 aliphatic heterocycles. The standard InChI is InChI=1S/C33H41N3O5S/c1-23-10-18-31(19-11-23)42(39,40)36(29-15-12-24(2)25(3)20-29)22-32(37)35(21-27-13-16-30(41-5)17-14-27)26(4)33(38)34-28-8-6-7-9-28/h10-20,26,28H,6-9,21-22H2,1-5H3,(H,34,38)/t26-/m1/s1. The fourth-order valence-electron chi connectivity index (χ4n) is 5.15. The van der Waals surface area contributed by atoms with Crippen LogP contribution in [0.15, 0.2) is 71.6 Å². The summed E-state index contributed by atoms with van der Waals surface area (Å²) in [4.78, 5) is 29.1. The van der Waals surface area contributed by atoms with Crippen LogP contribution in [0.1, 0.15) is 54.9 Å². The van der Waals surface area contributed by atoms with Crippen molar-refractivity contribution in [3.8, 4) is 5.75 Å². The number of anilines is 1. The smallest absolute Gasteiger partial charge is 0.264 e. The molecule has 0 heterocycles. The Morgan fingerprint density at radius 2 is 1.57 bits per heavy atom. The van der Waals surface area contributed by atoms with Gasteiger partial charge in [-0.2, -0.15) is 0 Å². The summed E-state index contributed by atoms with van der Waals surface area (Å²) in [6, 6.07) is 18.5. The molecule has 0 saturated heterocycles. The third kappa shape index (κ3) is 7.31. The van der Waals surface area contributed by atoms with Crippen molar-refractivity contribution in [3.05, 3.63) is 89.0 Å². The molecule has 1 aliphatic carbocycles. The second-order valence-electron chi connectivity index (χ2n) is 11.1. The molecule has 0 aromatic heterocycles. The van der Waals surface area contributed by atoms with Crippen molar-refractivity contribution >= 4 is 27.5 Å². The number of hydrogen-bond acceptors (Lipinski definition) is 5. The normalized spacial score (nSPS) is 14.3. The number of sulfonamides is 1. The van der Waals surface area contributed by atoms with Gasteiger partial charge in [0.1, 0.15) is 18.3 Å². The van der Waals surface area contributed by atoms with Crippen molar-refractivity contribution < 1.29 is 22.7 Å². The Morgan fingerprint density at radius 1 is 0.929 bits per heavy atom. The lowest BCUT2D eigenvalue weighted by Crippen LogP contribution is -2.52. The van der Waals surface area contributed by atoms with Gasteiger partial charge in [0.2, 0.25) is 11.8 Å². The van der Waals surface area contributed by atoms with E-state index in [1.807, 2.05) is 39.0 Å². The van der Waals surface area contributed by atoms with Crippen LogP contribution in [-0.2, 0) is 26.2 Å². The molecule has 0 bridgehead atoms. The van der Waals surface area contributed by atoms with E-state index < -0.39 is 28.5 Å². The average molecular weight is 592 g/mol. The highest BCUT2D eigenvalue weighted by atomic mass is 32.2. The molecule has 42 heavy (non-hydrogen) atoms. The first-order valence-electron chi connectivity index (χ1n) is 14.4. The molecule has 0 radical (unpaired) electrons. The maximum absolute atomic E-state index is 14.1. The molecule has 2 amide bonds. The van der Waals surface area contributed by atoms with Crippen LogP contribution in [0.2, 0.25) is 0 Å². The molecule has 3 aromatic rings. The molecule has 1 fully saturated rings. The first-order valence-corrected chi connectivity index (χ1v) is 15.8. The lowest BCUT2D eigenvalue weighted by molar-refractivity contribution is -0.139. The molecule has 4 rings (SSSR count). The number of hydrogen-bond donors (Lipinski definition) is 1. The van der Waals surface area contributed by atoms with Crippen LogP contribution in [0, 0.1) is 20.8 Å². The van der Waals surface area contributed by atoms with Gasteiger partial charge in [-0.15, -0.1) is 0 Å². The highest BCUT2D eigenvalue weighted by molar-refractivity contribution is 7.92. The lowest BCUT2D eigenvalue weighted by atomic mass is 10.1. The maximum atomic E-state index is 14.1. The number of rotatable bonds is 11. The second-order valence-corrected chi connectivity index (χ2v) is 13.0. The predicted octanol–water partition coefficient (Wildman–Crippen LogP) is 5.29. The molecule has 1 saturated carbocycles. The molecule has 1 aliphatic rings. The highest BCUT2D eigenvalue weighted by Gasteiger charge is 2.33. The lowest BCUT2D eigenvalue weighted by Gasteiger charge is -2.32. The van der Waals surface area contributed by atoms with Crippen LogP contribution in [-0.4, -0.2) is 50.9 Å². The number of ether oxygens (including phenoxy) is 1. The third-order valence-corrected chi connectivity index (χ3v) is 9.84. The topological polar surface area (TPSA) is 96.0 Å². The Hall–Kier alpha value is -3.85. The summed E-state index contributed by atoms with van der Waals surface area (Å²) in [5, 5.41) is 3.09. The largest absolute Gasteiger partial charge is 0.497 e. The summed E-state index contributed by atoms with van der Waals surface area (Å²) in [5.41, 5.74) is 4.03. The van der Waals surface area contributed by atoms with Crippen LogP contribution in [0.4, 0.5) is 5.69 Å². The minimum absolute atomic E-state index is 0.0897. The van der Waals surface area contributed by atoms with E-state index in [2.05, 4.69) is 5.32 Å². The SMILES string of the molecule is COc1ccc(CN(C(=O)CN(c2ccc(C)c(C)c2)S(=O)(=O)c2ccc(C)cc2)[C@H](C)C(=O)NC2CCCC2)cc1. The maximum Gasteiger partial charge on any atom is 0.264 e. The van der Waals surface area contributed by atoms with Gasteiger partial charge in [0.25, 0.3) is 10.0 Å². The monoisotopic (exact) mass is 591 g/mol. The van der Waals surface area contributed by atoms with Crippen LogP contribution in [0.3, 0.4) is 0 Å². The van der Waals surface area contributed by atoms with E-state index in [1.165, 1.54) is 4.90 Å². The number of methoxy groups -OCH3 is 1. The second kappa shape index (κ2) is 13.4. The number of carbonyl (C=O) groups excluding carboxylic acids is 2. The van der Waals surface area contributed by atoms with E-state index >= 15 is 0 Å². The zero-order chi connectivity index (χ0) is 30.4. The average Bonchev–Trinajstić information content (AvgIpc) is 3.49. The molecular formula is C33H41N3O5S. The predicted molar refractivity (Wildman–Crippen MR) is 165 cm³/mol. The fraction of sp³-hybridized carbons (Fsp3) is 0.394.